The van der Waals surface area contributed by atoms with Gasteiger partial charge >= 0.3 is 0 Å². The number of hydrogen-bond donors (Lipinski definition) is 1. The molecular formula is C21H32N2O2. The number of carbonyl (C=O) groups is 1. The van der Waals surface area contributed by atoms with Crippen molar-refractivity contribution in [2.45, 2.75) is 51.7 Å². The minimum atomic E-state index is -0.386. The van der Waals surface area contributed by atoms with Crippen molar-refractivity contribution < 1.29 is 9.90 Å². The summed E-state index contributed by atoms with van der Waals surface area (Å²) in [6, 6.07) is 10.4. The van der Waals surface area contributed by atoms with E-state index in [-0.39, 0.29) is 6.10 Å². The standard InChI is InChI=1S/C21H32N2O2/c1-16(2)14-23(19-8-9-19)20(24)15-22-12-10-18(11-13-22)21(25)17-6-4-3-5-7-17/h3-7,16,18-19,21,25H,8-15H2,1-2H3. The van der Waals surface area contributed by atoms with Crippen LogP contribution in [0.2, 0.25) is 0 Å². The molecule has 1 aliphatic carbocycles. The molecule has 1 aromatic carbocycles. The van der Waals surface area contributed by atoms with Crippen LogP contribution in [-0.4, -0.2) is 53.0 Å². The number of hydrogen-bond acceptors (Lipinski definition) is 3. The Balaban J connectivity index is 1.48. The molecule has 4 nitrogen and oxygen atoms in total. The molecule has 1 heterocycles. The Morgan fingerprint density at radius 3 is 2.36 bits per heavy atom. The summed E-state index contributed by atoms with van der Waals surface area (Å²) >= 11 is 0. The van der Waals surface area contributed by atoms with Crippen molar-refractivity contribution >= 4 is 5.91 Å². The summed E-state index contributed by atoms with van der Waals surface area (Å²) in [6.07, 6.45) is 3.87. The van der Waals surface area contributed by atoms with Gasteiger partial charge in [0.2, 0.25) is 5.91 Å². The molecule has 0 bridgehead atoms. The maximum Gasteiger partial charge on any atom is 0.237 e. The van der Waals surface area contributed by atoms with Crippen LogP contribution in [0.1, 0.15) is 51.2 Å². The number of rotatable bonds is 7. The molecule has 2 fully saturated rings. The molecule has 1 amide bonds. The van der Waals surface area contributed by atoms with Gasteiger partial charge in [-0.3, -0.25) is 9.69 Å². The van der Waals surface area contributed by atoms with Crippen molar-refractivity contribution in [1.82, 2.24) is 9.80 Å². The molecule has 0 radical (unpaired) electrons. The van der Waals surface area contributed by atoms with E-state index in [4.69, 9.17) is 0 Å². The summed E-state index contributed by atoms with van der Waals surface area (Å²) in [7, 11) is 0. The van der Waals surface area contributed by atoms with Crippen LogP contribution in [0.25, 0.3) is 0 Å². The zero-order valence-corrected chi connectivity index (χ0v) is 15.6. The molecule has 2 aliphatic rings. The number of benzene rings is 1. The van der Waals surface area contributed by atoms with Crippen molar-refractivity contribution in [3.8, 4) is 0 Å². The SMILES string of the molecule is CC(C)CN(C(=O)CN1CCC(C(O)c2ccccc2)CC1)C1CC1. The fraction of sp³-hybridized carbons (Fsp3) is 0.667. The molecular weight excluding hydrogens is 312 g/mol. The molecule has 1 unspecified atom stereocenters. The van der Waals surface area contributed by atoms with E-state index in [1.807, 2.05) is 30.3 Å². The minimum absolute atomic E-state index is 0.290. The summed E-state index contributed by atoms with van der Waals surface area (Å²) in [4.78, 5) is 17.1. The summed E-state index contributed by atoms with van der Waals surface area (Å²) in [5.74, 6) is 1.11. The first-order valence-electron chi connectivity index (χ1n) is 9.79. The van der Waals surface area contributed by atoms with E-state index in [2.05, 4.69) is 23.6 Å². The van der Waals surface area contributed by atoms with E-state index < -0.39 is 0 Å². The van der Waals surface area contributed by atoms with Crippen molar-refractivity contribution in [3.05, 3.63) is 35.9 Å². The van der Waals surface area contributed by atoms with Crippen LogP contribution in [0.5, 0.6) is 0 Å². The van der Waals surface area contributed by atoms with Crippen LogP contribution >= 0.6 is 0 Å². The van der Waals surface area contributed by atoms with Crippen LogP contribution in [0, 0.1) is 11.8 Å². The molecule has 1 N–H and O–H groups in total. The Morgan fingerprint density at radius 2 is 1.80 bits per heavy atom. The topological polar surface area (TPSA) is 43.8 Å². The lowest BCUT2D eigenvalue weighted by Gasteiger charge is -2.35. The van der Waals surface area contributed by atoms with Crippen LogP contribution in [-0.2, 0) is 4.79 Å². The maximum atomic E-state index is 12.7. The monoisotopic (exact) mass is 344 g/mol. The van der Waals surface area contributed by atoms with Gasteiger partial charge in [-0.1, -0.05) is 44.2 Å². The normalized spacial score (nSPS) is 20.6. The zero-order valence-electron chi connectivity index (χ0n) is 15.6. The number of nitrogens with zero attached hydrogens (tertiary/aromatic N) is 2. The fourth-order valence-corrected chi connectivity index (χ4v) is 3.87. The average molecular weight is 344 g/mol. The molecule has 3 rings (SSSR count). The van der Waals surface area contributed by atoms with E-state index in [0.29, 0.717) is 30.3 Å². The number of likely N-dealkylation sites (tertiary alicyclic amines) is 1. The Bertz CT molecular complexity index is 548. The van der Waals surface area contributed by atoms with Crippen LogP contribution < -0.4 is 0 Å². The lowest BCUT2D eigenvalue weighted by atomic mass is 9.87. The zero-order chi connectivity index (χ0) is 17.8. The largest absolute Gasteiger partial charge is 0.388 e. The van der Waals surface area contributed by atoms with E-state index in [1.54, 1.807) is 0 Å². The van der Waals surface area contributed by atoms with Crippen molar-refractivity contribution in [1.29, 1.82) is 0 Å². The highest BCUT2D eigenvalue weighted by Crippen LogP contribution is 2.31. The van der Waals surface area contributed by atoms with Gasteiger partial charge < -0.3 is 10.0 Å². The first-order valence-corrected chi connectivity index (χ1v) is 9.79. The van der Waals surface area contributed by atoms with Crippen molar-refractivity contribution in [3.63, 3.8) is 0 Å². The molecule has 1 aromatic rings. The van der Waals surface area contributed by atoms with Gasteiger partial charge in [-0.25, -0.2) is 0 Å². The van der Waals surface area contributed by atoms with Gasteiger partial charge in [0.05, 0.1) is 12.6 Å². The first kappa shape index (κ1) is 18.4. The van der Waals surface area contributed by atoms with Gasteiger partial charge in [-0.15, -0.1) is 0 Å². The highest BCUT2D eigenvalue weighted by Gasteiger charge is 2.34. The molecule has 1 atom stereocenters. The predicted octanol–water partition coefficient (Wildman–Crippen LogP) is 3.08. The van der Waals surface area contributed by atoms with E-state index in [1.165, 1.54) is 12.8 Å². The molecule has 138 valence electrons. The van der Waals surface area contributed by atoms with Gasteiger partial charge in [0, 0.05) is 12.6 Å². The molecule has 1 aliphatic heterocycles. The molecule has 0 spiro atoms. The van der Waals surface area contributed by atoms with E-state index in [9.17, 15) is 9.90 Å². The highest BCUT2D eigenvalue weighted by atomic mass is 16.3. The van der Waals surface area contributed by atoms with Gasteiger partial charge in [-0.2, -0.15) is 0 Å². The Morgan fingerprint density at radius 1 is 1.16 bits per heavy atom. The third kappa shape index (κ3) is 5.05. The Kier molecular flexibility index (Phi) is 6.13. The maximum absolute atomic E-state index is 12.7. The third-order valence-corrected chi connectivity index (χ3v) is 5.45. The van der Waals surface area contributed by atoms with Crippen LogP contribution in [0.3, 0.4) is 0 Å². The summed E-state index contributed by atoms with van der Waals surface area (Å²) in [5.41, 5.74) is 1.01. The number of carbonyl (C=O) groups excluding carboxylic acids is 1. The van der Waals surface area contributed by atoms with Gasteiger partial charge in [0.25, 0.3) is 0 Å². The van der Waals surface area contributed by atoms with Crippen molar-refractivity contribution in [2.24, 2.45) is 11.8 Å². The second-order valence-electron chi connectivity index (χ2n) is 8.14. The van der Waals surface area contributed by atoms with Crippen LogP contribution in [0.15, 0.2) is 30.3 Å². The third-order valence-electron chi connectivity index (χ3n) is 5.45. The van der Waals surface area contributed by atoms with Gasteiger partial charge in [0.15, 0.2) is 0 Å². The lowest BCUT2D eigenvalue weighted by Crippen LogP contribution is -2.45. The minimum Gasteiger partial charge on any atom is -0.388 e. The van der Waals surface area contributed by atoms with Gasteiger partial charge in [0.1, 0.15) is 0 Å². The second kappa shape index (κ2) is 8.33. The van der Waals surface area contributed by atoms with Crippen molar-refractivity contribution in [2.75, 3.05) is 26.2 Å². The predicted molar refractivity (Wildman–Crippen MR) is 100 cm³/mol. The average Bonchev–Trinajstić information content (AvgIpc) is 3.45. The van der Waals surface area contributed by atoms with E-state index in [0.717, 1.165) is 38.0 Å². The molecule has 0 aromatic heterocycles. The first-order chi connectivity index (χ1) is 12.0. The molecule has 1 saturated carbocycles. The molecule has 25 heavy (non-hydrogen) atoms. The molecule has 1 saturated heterocycles. The van der Waals surface area contributed by atoms with Crippen LogP contribution in [0.4, 0.5) is 0 Å². The lowest BCUT2D eigenvalue weighted by molar-refractivity contribution is -0.134. The highest BCUT2D eigenvalue weighted by molar-refractivity contribution is 5.79. The smallest absolute Gasteiger partial charge is 0.237 e. The Labute approximate surface area is 151 Å². The fourth-order valence-electron chi connectivity index (χ4n) is 3.87. The summed E-state index contributed by atoms with van der Waals surface area (Å²) in [6.45, 7) is 7.59. The quantitative estimate of drug-likeness (QED) is 0.827. The molecule has 4 heteroatoms. The second-order valence-corrected chi connectivity index (χ2v) is 8.14. The number of piperidine rings is 1. The van der Waals surface area contributed by atoms with E-state index >= 15 is 0 Å². The number of aliphatic hydroxyl groups is 1. The van der Waals surface area contributed by atoms with Gasteiger partial charge in [-0.05, 0) is 56.2 Å². The summed E-state index contributed by atoms with van der Waals surface area (Å²) in [5, 5.41) is 10.6. The summed E-state index contributed by atoms with van der Waals surface area (Å²) < 4.78 is 0. The number of aliphatic hydroxyl groups excluding tert-OH is 1. The number of amides is 1. The Hall–Kier alpha value is -1.39.